The average molecular weight is 861 g/mol. The Morgan fingerprint density at radius 3 is 1.85 bits per heavy atom. The number of hydrogen-bond donors (Lipinski definition) is 0. The molecule has 0 bridgehead atoms. The smallest absolute Gasteiger partial charge is 0.000708 e. The lowest BCUT2D eigenvalue weighted by molar-refractivity contribution is 0.451. The molecule has 0 aromatic heterocycles. The quantitative estimate of drug-likeness (QED) is 0.140. The van der Waals surface area contributed by atoms with E-state index in [0.29, 0.717) is 23.7 Å². The molecule has 11 aromatic rings. The highest BCUT2D eigenvalue weighted by Gasteiger charge is 2.32. The van der Waals surface area contributed by atoms with Crippen LogP contribution in [0.25, 0.3) is 120 Å². The van der Waals surface area contributed by atoms with Gasteiger partial charge in [0.05, 0.1) is 0 Å². The highest BCUT2D eigenvalue weighted by atomic mass is 14.4. The van der Waals surface area contributed by atoms with E-state index in [1.165, 1.54) is 131 Å². The molecular formula is C67H56. The summed E-state index contributed by atoms with van der Waals surface area (Å²) >= 11 is 0. The summed E-state index contributed by atoms with van der Waals surface area (Å²) in [5.74, 6) is 2.01. The first-order valence-electron chi connectivity index (χ1n) is 24.9. The zero-order chi connectivity index (χ0) is 45.2. The first kappa shape index (κ1) is 40.3. The van der Waals surface area contributed by atoms with Crippen LogP contribution in [0.3, 0.4) is 0 Å². The SMILES string of the molecule is CC(C)C1=CC(C(C)C)=C(c2ccc3cc4c5c(-c6ccccc6)c6c7c8c(c9ccccc9c8cc6c(-c6ccccc6-c6ccccc6)c5c5cccc(c3c2)c54)=CCC7)C(C(C)C)C1. The Labute approximate surface area is 394 Å². The van der Waals surface area contributed by atoms with Gasteiger partial charge in [0, 0.05) is 0 Å². The summed E-state index contributed by atoms with van der Waals surface area (Å²) in [6.45, 7) is 14.4. The van der Waals surface area contributed by atoms with Crippen LogP contribution in [0.5, 0.6) is 0 Å². The van der Waals surface area contributed by atoms with Gasteiger partial charge in [-0.1, -0.05) is 199 Å². The van der Waals surface area contributed by atoms with Gasteiger partial charge in [-0.25, -0.2) is 0 Å². The van der Waals surface area contributed by atoms with E-state index in [0.717, 1.165) is 19.3 Å². The van der Waals surface area contributed by atoms with Gasteiger partial charge in [0.2, 0.25) is 0 Å². The molecule has 13 rings (SSSR count). The first-order chi connectivity index (χ1) is 32.8. The van der Waals surface area contributed by atoms with Crippen molar-refractivity contribution in [2.24, 2.45) is 23.7 Å². The highest BCUT2D eigenvalue weighted by molar-refractivity contribution is 6.43. The molecule has 0 nitrogen and oxygen atoms in total. The Bertz CT molecular complexity index is 3950. The van der Waals surface area contributed by atoms with Crippen molar-refractivity contribution < 1.29 is 0 Å². The molecule has 0 heteroatoms. The van der Waals surface area contributed by atoms with Crippen molar-refractivity contribution in [3.05, 3.63) is 191 Å². The van der Waals surface area contributed by atoms with Crippen LogP contribution in [-0.4, -0.2) is 0 Å². The number of rotatable bonds is 7. The van der Waals surface area contributed by atoms with Crippen LogP contribution in [0.15, 0.2) is 175 Å². The Balaban J connectivity index is 1.24. The molecule has 2 aliphatic rings. The van der Waals surface area contributed by atoms with Gasteiger partial charge in [-0.3, -0.25) is 0 Å². The van der Waals surface area contributed by atoms with Crippen LogP contribution in [-0.2, 0) is 6.42 Å². The maximum atomic E-state index is 2.60. The van der Waals surface area contributed by atoms with Crippen molar-refractivity contribution >= 4 is 87.1 Å². The zero-order valence-electron chi connectivity index (χ0n) is 39.6. The second kappa shape index (κ2) is 15.3. The van der Waals surface area contributed by atoms with Crippen LogP contribution >= 0.6 is 0 Å². The molecule has 67 heavy (non-hydrogen) atoms. The number of hydrogen-bond acceptors (Lipinski definition) is 0. The maximum absolute atomic E-state index is 2.60. The lowest BCUT2D eigenvalue weighted by atomic mass is 9.70. The van der Waals surface area contributed by atoms with Gasteiger partial charge in [-0.2, -0.15) is 0 Å². The Kier molecular flexibility index (Phi) is 9.17. The molecule has 2 aliphatic carbocycles. The van der Waals surface area contributed by atoms with Crippen molar-refractivity contribution in [1.29, 1.82) is 0 Å². The van der Waals surface area contributed by atoms with Crippen molar-refractivity contribution in [2.45, 2.75) is 60.8 Å². The van der Waals surface area contributed by atoms with E-state index < -0.39 is 0 Å². The molecule has 324 valence electrons. The van der Waals surface area contributed by atoms with Gasteiger partial charge in [-0.05, 0) is 197 Å². The Morgan fingerprint density at radius 1 is 0.433 bits per heavy atom. The minimum absolute atomic E-state index is 0.442. The third-order valence-electron chi connectivity index (χ3n) is 16.0. The lowest BCUT2D eigenvalue weighted by Crippen LogP contribution is -2.20. The zero-order valence-corrected chi connectivity index (χ0v) is 39.6. The molecule has 0 radical (unpaired) electrons. The second-order valence-electron chi connectivity index (χ2n) is 20.7. The van der Waals surface area contributed by atoms with Crippen LogP contribution < -0.4 is 5.22 Å². The predicted octanol–water partition coefficient (Wildman–Crippen LogP) is 18.3. The normalized spacial score (nSPS) is 15.5. The summed E-state index contributed by atoms with van der Waals surface area (Å²) in [5.41, 5.74) is 15.3. The molecular weight excluding hydrogens is 805 g/mol. The van der Waals surface area contributed by atoms with Gasteiger partial charge < -0.3 is 0 Å². The molecule has 0 saturated heterocycles. The summed E-state index contributed by atoms with van der Waals surface area (Å²) in [4.78, 5) is 0. The van der Waals surface area contributed by atoms with Crippen LogP contribution in [0.2, 0.25) is 0 Å². The van der Waals surface area contributed by atoms with Gasteiger partial charge in [0.1, 0.15) is 0 Å². The molecule has 0 N–H and O–H groups in total. The summed E-state index contributed by atoms with van der Waals surface area (Å²) in [6.07, 6.45) is 8.26. The third kappa shape index (κ3) is 5.91. The number of aryl methyl sites for hydroxylation is 1. The fourth-order valence-electron chi connectivity index (χ4n) is 13.0. The standard InChI is InChI=1S/C67H56/c1-38(2)45-35-54(39(3)4)60(55(36-45)40(5)6)44-32-31-43-33-58-63-51(56(43)34-44)28-18-30-53(63)66-64(49-26-16-13-23-46(49)41-19-9-7-10-20-41)59-37-57-48-25-15-14-24-47(48)50-27-17-29-52(62(50)57)65(59)61(67(58)66)42-21-11-8-12-22-42/h7-16,18-28,30-35,37-40,55H,17,29,36H2,1-6H3. The fraction of sp³-hybridized carbons (Fsp3) is 0.194. The monoisotopic (exact) mass is 860 g/mol. The molecule has 0 spiro atoms. The Hall–Kier alpha value is -7.02. The lowest BCUT2D eigenvalue weighted by Gasteiger charge is -2.34. The summed E-state index contributed by atoms with van der Waals surface area (Å²) in [6, 6.07) is 60.6. The second-order valence-corrected chi connectivity index (χ2v) is 20.7. The molecule has 1 atom stereocenters. The molecule has 0 amide bonds. The van der Waals surface area contributed by atoms with Gasteiger partial charge in [0.25, 0.3) is 0 Å². The van der Waals surface area contributed by atoms with E-state index >= 15 is 0 Å². The van der Waals surface area contributed by atoms with Gasteiger partial charge >= 0.3 is 0 Å². The highest BCUT2D eigenvalue weighted by Crippen LogP contribution is 2.56. The molecule has 0 heterocycles. The third-order valence-corrected chi connectivity index (χ3v) is 16.0. The van der Waals surface area contributed by atoms with Gasteiger partial charge in [0.15, 0.2) is 0 Å². The Morgan fingerprint density at radius 2 is 1.10 bits per heavy atom. The van der Waals surface area contributed by atoms with Crippen molar-refractivity contribution in [3.63, 3.8) is 0 Å². The molecule has 11 aromatic carbocycles. The van der Waals surface area contributed by atoms with E-state index in [9.17, 15) is 0 Å². The molecule has 1 unspecified atom stereocenters. The summed E-state index contributed by atoms with van der Waals surface area (Å²) in [7, 11) is 0. The average Bonchev–Trinajstić information content (AvgIpc) is 3.86. The van der Waals surface area contributed by atoms with Crippen molar-refractivity contribution in [2.75, 3.05) is 0 Å². The number of allylic oxidation sites excluding steroid dienone is 4. The van der Waals surface area contributed by atoms with Crippen LogP contribution in [0.4, 0.5) is 0 Å². The van der Waals surface area contributed by atoms with Crippen LogP contribution in [0, 0.1) is 23.7 Å². The van der Waals surface area contributed by atoms with Gasteiger partial charge in [-0.15, -0.1) is 0 Å². The molecule has 0 fully saturated rings. The minimum Gasteiger partial charge on any atom is -0.0757 e. The number of benzene rings is 9. The van der Waals surface area contributed by atoms with E-state index in [2.05, 4.69) is 211 Å². The minimum atomic E-state index is 0.442. The van der Waals surface area contributed by atoms with E-state index in [4.69, 9.17) is 0 Å². The molecule has 0 saturated carbocycles. The number of fused-ring (bicyclic) bond motifs is 10. The summed E-state index contributed by atoms with van der Waals surface area (Å²) < 4.78 is 0. The maximum Gasteiger partial charge on any atom is -0.000708 e. The topological polar surface area (TPSA) is 0 Å². The molecule has 0 aliphatic heterocycles. The van der Waals surface area contributed by atoms with E-state index in [1.807, 2.05) is 0 Å². The van der Waals surface area contributed by atoms with E-state index in [-0.39, 0.29) is 0 Å². The first-order valence-corrected chi connectivity index (χ1v) is 24.9. The van der Waals surface area contributed by atoms with Crippen molar-refractivity contribution in [3.8, 4) is 33.4 Å². The predicted molar refractivity (Wildman–Crippen MR) is 292 cm³/mol. The fourth-order valence-corrected chi connectivity index (χ4v) is 13.0. The van der Waals surface area contributed by atoms with Crippen molar-refractivity contribution in [1.82, 2.24) is 0 Å². The van der Waals surface area contributed by atoms with Crippen LogP contribution in [0.1, 0.15) is 65.5 Å². The largest absolute Gasteiger partial charge is 0.0757 e. The van der Waals surface area contributed by atoms with E-state index in [1.54, 1.807) is 11.1 Å². The summed E-state index contributed by atoms with van der Waals surface area (Å²) in [5, 5.41) is 20.5.